The van der Waals surface area contributed by atoms with Gasteiger partial charge >= 0.3 is 5.97 Å². The molecule has 2 heterocycles. The van der Waals surface area contributed by atoms with Gasteiger partial charge in [-0.3, -0.25) is 9.36 Å². The Morgan fingerprint density at radius 3 is 2.95 bits per heavy atom. The fourth-order valence-corrected chi connectivity index (χ4v) is 3.03. The minimum Gasteiger partial charge on any atom is -0.481 e. The largest absolute Gasteiger partial charge is 0.481 e. The summed E-state index contributed by atoms with van der Waals surface area (Å²) in [7, 11) is 0. The Kier molecular flexibility index (Phi) is 2.78. The van der Waals surface area contributed by atoms with Crippen molar-refractivity contribution >= 4 is 28.9 Å². The lowest BCUT2D eigenvalue weighted by atomic mass is 10.2. The minimum absolute atomic E-state index is 0.0262. The van der Waals surface area contributed by atoms with E-state index in [9.17, 15) is 4.79 Å². The fraction of sp³-hybridized carbons (Fsp3) is 0.462. The summed E-state index contributed by atoms with van der Waals surface area (Å²) in [5, 5.41) is 9.60. The van der Waals surface area contributed by atoms with E-state index in [1.54, 1.807) is 6.20 Å². The topological polar surface area (TPSA) is 68.0 Å². The van der Waals surface area contributed by atoms with Crippen LogP contribution in [-0.2, 0) is 10.3 Å². The number of aryl methyl sites for hydroxylation is 1. The molecule has 5 nitrogen and oxygen atoms in total. The van der Waals surface area contributed by atoms with Gasteiger partial charge in [0.05, 0.1) is 5.75 Å². The first-order valence-electron chi connectivity index (χ1n) is 6.20. The van der Waals surface area contributed by atoms with Crippen LogP contribution in [0.3, 0.4) is 0 Å². The maximum absolute atomic E-state index is 10.8. The van der Waals surface area contributed by atoms with E-state index in [0.717, 1.165) is 34.7 Å². The van der Waals surface area contributed by atoms with E-state index in [0.29, 0.717) is 0 Å². The highest BCUT2D eigenvalue weighted by atomic mass is 32.2. The standard InChI is InChI=1S/C13H15N3O2S/c1-8-3-6-14-11-10(8)15-12(19-7-9(17)18)16(11)13(2)4-5-13/h3,6H,4-5,7H2,1-2H3,(H,17,18). The minimum atomic E-state index is -0.825. The maximum atomic E-state index is 10.8. The predicted molar refractivity (Wildman–Crippen MR) is 73.5 cm³/mol. The van der Waals surface area contributed by atoms with Crippen LogP contribution in [0.5, 0.6) is 0 Å². The zero-order chi connectivity index (χ0) is 13.6. The van der Waals surface area contributed by atoms with Crippen LogP contribution in [0.2, 0.25) is 0 Å². The van der Waals surface area contributed by atoms with E-state index in [4.69, 9.17) is 5.11 Å². The molecule has 0 aliphatic heterocycles. The highest BCUT2D eigenvalue weighted by Crippen LogP contribution is 2.46. The molecule has 0 amide bonds. The predicted octanol–water partition coefficient (Wildman–Crippen LogP) is 2.43. The van der Waals surface area contributed by atoms with Crippen molar-refractivity contribution in [1.82, 2.24) is 14.5 Å². The molecule has 0 saturated heterocycles. The highest BCUT2D eigenvalue weighted by molar-refractivity contribution is 7.99. The summed E-state index contributed by atoms with van der Waals surface area (Å²) in [6.07, 6.45) is 3.97. The Morgan fingerprint density at radius 2 is 2.32 bits per heavy atom. The Bertz CT molecular complexity index is 661. The van der Waals surface area contributed by atoms with Gasteiger partial charge < -0.3 is 5.11 Å². The Labute approximate surface area is 115 Å². The number of nitrogens with zero attached hydrogens (tertiary/aromatic N) is 3. The number of carbonyl (C=O) groups is 1. The molecule has 1 aliphatic rings. The van der Waals surface area contributed by atoms with Gasteiger partial charge in [0, 0.05) is 11.7 Å². The summed E-state index contributed by atoms with van der Waals surface area (Å²) in [5.41, 5.74) is 2.87. The molecule has 0 aromatic carbocycles. The smallest absolute Gasteiger partial charge is 0.313 e. The van der Waals surface area contributed by atoms with Crippen molar-refractivity contribution in [3.05, 3.63) is 17.8 Å². The van der Waals surface area contributed by atoms with E-state index in [-0.39, 0.29) is 11.3 Å². The molecular weight excluding hydrogens is 262 g/mol. The van der Waals surface area contributed by atoms with Gasteiger partial charge in [0.15, 0.2) is 10.8 Å². The Balaban J connectivity index is 2.14. The summed E-state index contributed by atoms with van der Waals surface area (Å²) >= 11 is 1.27. The van der Waals surface area contributed by atoms with Gasteiger partial charge in [-0.05, 0) is 38.3 Å². The van der Waals surface area contributed by atoms with Gasteiger partial charge in [-0.25, -0.2) is 9.97 Å². The van der Waals surface area contributed by atoms with E-state index in [1.807, 2.05) is 13.0 Å². The fourth-order valence-electron chi connectivity index (χ4n) is 2.19. The molecule has 2 aromatic rings. The number of thioether (sulfide) groups is 1. The first-order chi connectivity index (χ1) is 9.01. The second kappa shape index (κ2) is 4.23. The van der Waals surface area contributed by atoms with Gasteiger partial charge in [0.1, 0.15) is 5.52 Å². The Morgan fingerprint density at radius 1 is 1.58 bits per heavy atom. The first kappa shape index (κ1) is 12.5. The molecule has 1 N–H and O–H groups in total. The molecule has 1 aliphatic carbocycles. The quantitative estimate of drug-likeness (QED) is 0.869. The van der Waals surface area contributed by atoms with E-state index in [1.165, 1.54) is 11.8 Å². The molecule has 0 unspecified atom stereocenters. The molecule has 1 saturated carbocycles. The van der Waals surface area contributed by atoms with Gasteiger partial charge in [0.2, 0.25) is 0 Å². The first-order valence-corrected chi connectivity index (χ1v) is 7.19. The van der Waals surface area contributed by atoms with Gasteiger partial charge in [0.25, 0.3) is 0 Å². The summed E-state index contributed by atoms with van der Waals surface area (Å²) in [6.45, 7) is 4.17. The number of aromatic nitrogens is 3. The van der Waals surface area contributed by atoms with Crippen molar-refractivity contribution < 1.29 is 9.90 Å². The summed E-state index contributed by atoms with van der Waals surface area (Å²) < 4.78 is 2.11. The summed E-state index contributed by atoms with van der Waals surface area (Å²) in [5.74, 6) is -0.799. The van der Waals surface area contributed by atoms with Crippen LogP contribution in [0.15, 0.2) is 17.4 Å². The molecule has 100 valence electrons. The monoisotopic (exact) mass is 277 g/mol. The lowest BCUT2D eigenvalue weighted by Gasteiger charge is -2.14. The van der Waals surface area contributed by atoms with Gasteiger partial charge in [-0.1, -0.05) is 11.8 Å². The normalized spacial score (nSPS) is 16.7. The molecule has 0 bridgehead atoms. The number of rotatable bonds is 4. The molecule has 6 heteroatoms. The van der Waals surface area contributed by atoms with E-state index in [2.05, 4.69) is 21.5 Å². The zero-order valence-corrected chi connectivity index (χ0v) is 11.7. The number of carboxylic acid groups (broad SMARTS) is 1. The molecule has 19 heavy (non-hydrogen) atoms. The van der Waals surface area contributed by atoms with Crippen LogP contribution in [0.4, 0.5) is 0 Å². The Hall–Kier alpha value is -1.56. The summed E-state index contributed by atoms with van der Waals surface area (Å²) in [4.78, 5) is 19.8. The van der Waals surface area contributed by atoms with E-state index < -0.39 is 5.97 Å². The average Bonchev–Trinajstić information content (AvgIpc) is 2.96. The lowest BCUT2D eigenvalue weighted by Crippen LogP contribution is -2.14. The second-order valence-electron chi connectivity index (χ2n) is 5.21. The SMILES string of the molecule is Cc1ccnc2c1nc(SCC(=O)O)n2C1(C)CC1. The van der Waals surface area contributed by atoms with Crippen molar-refractivity contribution in [2.75, 3.05) is 5.75 Å². The zero-order valence-electron chi connectivity index (χ0n) is 10.9. The molecule has 0 radical (unpaired) electrons. The molecule has 0 spiro atoms. The lowest BCUT2D eigenvalue weighted by molar-refractivity contribution is -0.133. The van der Waals surface area contributed by atoms with Crippen molar-refractivity contribution in [3.63, 3.8) is 0 Å². The van der Waals surface area contributed by atoms with Crippen LogP contribution in [0.1, 0.15) is 25.3 Å². The average molecular weight is 277 g/mol. The van der Waals surface area contributed by atoms with Crippen LogP contribution < -0.4 is 0 Å². The molecular formula is C13H15N3O2S. The third-order valence-corrected chi connectivity index (χ3v) is 4.48. The van der Waals surface area contributed by atoms with Crippen LogP contribution in [0.25, 0.3) is 11.2 Å². The summed E-state index contributed by atoms with van der Waals surface area (Å²) in [6, 6.07) is 1.93. The van der Waals surface area contributed by atoms with Gasteiger partial charge in [-0.2, -0.15) is 0 Å². The second-order valence-corrected chi connectivity index (χ2v) is 6.15. The molecule has 0 atom stereocenters. The number of carboxylic acids is 1. The molecule has 2 aromatic heterocycles. The van der Waals surface area contributed by atoms with Crippen molar-refractivity contribution in [1.29, 1.82) is 0 Å². The molecule has 3 rings (SSSR count). The van der Waals surface area contributed by atoms with Crippen LogP contribution in [0, 0.1) is 6.92 Å². The van der Waals surface area contributed by atoms with E-state index >= 15 is 0 Å². The van der Waals surface area contributed by atoms with Crippen LogP contribution in [-0.4, -0.2) is 31.4 Å². The number of imidazole rings is 1. The number of pyridine rings is 1. The van der Waals surface area contributed by atoms with Crippen molar-refractivity contribution in [2.45, 2.75) is 37.4 Å². The van der Waals surface area contributed by atoms with Crippen LogP contribution >= 0.6 is 11.8 Å². The number of fused-ring (bicyclic) bond motifs is 1. The highest BCUT2D eigenvalue weighted by Gasteiger charge is 2.42. The molecule has 1 fully saturated rings. The number of aliphatic carboxylic acids is 1. The van der Waals surface area contributed by atoms with Crippen molar-refractivity contribution in [2.24, 2.45) is 0 Å². The third kappa shape index (κ3) is 2.10. The number of hydrogen-bond acceptors (Lipinski definition) is 4. The van der Waals surface area contributed by atoms with Crippen molar-refractivity contribution in [3.8, 4) is 0 Å². The third-order valence-electron chi connectivity index (χ3n) is 3.56. The maximum Gasteiger partial charge on any atom is 0.313 e. The van der Waals surface area contributed by atoms with Gasteiger partial charge in [-0.15, -0.1) is 0 Å². The number of hydrogen-bond donors (Lipinski definition) is 1.